The van der Waals surface area contributed by atoms with E-state index < -0.39 is 0 Å². The zero-order valence-electron chi connectivity index (χ0n) is 11.0. The number of halogens is 2. The number of hydrogen-bond acceptors (Lipinski definition) is 2. The van der Waals surface area contributed by atoms with Gasteiger partial charge >= 0.3 is 0 Å². The summed E-state index contributed by atoms with van der Waals surface area (Å²) in [5, 5.41) is 22.2. The molecule has 1 aliphatic rings. The maximum atomic E-state index is 7.95. The van der Waals surface area contributed by atoms with Gasteiger partial charge in [0.2, 0.25) is 0 Å². The van der Waals surface area contributed by atoms with E-state index in [0.717, 1.165) is 25.9 Å². The average Bonchev–Trinajstić information content (AvgIpc) is 2.44. The number of guanidine groups is 2. The van der Waals surface area contributed by atoms with Crippen LogP contribution in [0.3, 0.4) is 0 Å². The molecule has 0 spiro atoms. The van der Waals surface area contributed by atoms with Crippen LogP contribution in [0.5, 0.6) is 0 Å². The van der Waals surface area contributed by atoms with Crippen LogP contribution in [0, 0.1) is 10.8 Å². The third kappa shape index (κ3) is 3.77. The minimum absolute atomic E-state index is 0.0180. The van der Waals surface area contributed by atoms with Gasteiger partial charge in [0.05, 0.1) is 15.7 Å². The van der Waals surface area contributed by atoms with Crippen molar-refractivity contribution in [3.8, 4) is 0 Å². The molecule has 7 heteroatoms. The first-order valence-electron chi connectivity index (χ1n) is 6.48. The Morgan fingerprint density at radius 1 is 1.05 bits per heavy atom. The molecular weight excluding hydrogens is 297 g/mol. The number of para-hydroxylation sites is 1. The molecule has 0 saturated carbocycles. The third-order valence-corrected chi connectivity index (χ3v) is 3.76. The quantitative estimate of drug-likeness (QED) is 0.474. The van der Waals surface area contributed by atoms with E-state index in [4.69, 9.17) is 34.0 Å². The molecule has 2 rings (SSSR count). The van der Waals surface area contributed by atoms with Crippen LogP contribution in [0.15, 0.2) is 18.2 Å². The zero-order chi connectivity index (χ0) is 14.5. The van der Waals surface area contributed by atoms with Crippen molar-refractivity contribution < 1.29 is 0 Å². The molecule has 0 bridgehead atoms. The molecule has 0 radical (unpaired) electrons. The molecular formula is C13H17Cl2N5. The van der Waals surface area contributed by atoms with Crippen LogP contribution in [0.1, 0.15) is 19.3 Å². The normalized spacial score (nSPS) is 14.8. The van der Waals surface area contributed by atoms with Crippen molar-refractivity contribution in [3.63, 3.8) is 0 Å². The molecule has 1 saturated heterocycles. The first kappa shape index (κ1) is 14.9. The highest BCUT2D eigenvalue weighted by Gasteiger charge is 2.15. The Balaban J connectivity index is 1.93. The van der Waals surface area contributed by atoms with Crippen LogP contribution in [-0.2, 0) is 0 Å². The summed E-state index contributed by atoms with van der Waals surface area (Å²) in [7, 11) is 0. The van der Waals surface area contributed by atoms with Gasteiger partial charge in [-0.15, -0.1) is 0 Å². The first-order valence-corrected chi connectivity index (χ1v) is 7.23. The van der Waals surface area contributed by atoms with Gasteiger partial charge in [-0.2, -0.15) is 0 Å². The molecule has 1 fully saturated rings. The van der Waals surface area contributed by atoms with E-state index in [9.17, 15) is 0 Å². The standard InChI is InChI=1S/C13H17Cl2N5/c14-9-5-4-6-10(15)11(9)18-12(16)19-13(17)20-7-2-1-3-8-20/h4-6H,1-3,7-8H2,(H4,16,17,18,19). The number of anilines is 1. The van der Waals surface area contributed by atoms with Crippen LogP contribution in [-0.4, -0.2) is 29.9 Å². The van der Waals surface area contributed by atoms with Gasteiger partial charge in [-0.25, -0.2) is 0 Å². The molecule has 20 heavy (non-hydrogen) atoms. The Kier molecular flexibility index (Phi) is 5.09. The second kappa shape index (κ2) is 6.81. The molecule has 0 amide bonds. The summed E-state index contributed by atoms with van der Waals surface area (Å²) in [4.78, 5) is 1.92. The smallest absolute Gasteiger partial charge is 0.199 e. The van der Waals surface area contributed by atoms with E-state index in [2.05, 4.69) is 10.6 Å². The van der Waals surface area contributed by atoms with Gasteiger partial charge in [-0.1, -0.05) is 29.3 Å². The number of likely N-dealkylation sites (tertiary alicyclic amines) is 1. The fraction of sp³-hybridized carbons (Fsp3) is 0.385. The van der Waals surface area contributed by atoms with Gasteiger partial charge in [0.25, 0.3) is 0 Å². The first-order chi connectivity index (χ1) is 9.58. The Labute approximate surface area is 128 Å². The number of benzene rings is 1. The van der Waals surface area contributed by atoms with E-state index in [1.807, 2.05) is 4.90 Å². The van der Waals surface area contributed by atoms with Gasteiger partial charge in [0, 0.05) is 13.1 Å². The Bertz CT molecular complexity index is 491. The van der Waals surface area contributed by atoms with Gasteiger partial charge < -0.3 is 10.2 Å². The lowest BCUT2D eigenvalue weighted by Gasteiger charge is -2.29. The van der Waals surface area contributed by atoms with E-state index in [-0.39, 0.29) is 11.9 Å². The number of rotatable bonds is 1. The van der Waals surface area contributed by atoms with Crippen LogP contribution in [0.2, 0.25) is 10.0 Å². The highest BCUT2D eigenvalue weighted by molar-refractivity contribution is 6.39. The predicted octanol–water partition coefficient (Wildman–Crippen LogP) is 3.35. The van der Waals surface area contributed by atoms with Gasteiger partial charge in [0.15, 0.2) is 11.9 Å². The molecule has 5 nitrogen and oxygen atoms in total. The molecule has 1 aromatic rings. The van der Waals surface area contributed by atoms with Gasteiger partial charge in [-0.05, 0) is 31.4 Å². The Morgan fingerprint density at radius 3 is 2.25 bits per heavy atom. The van der Waals surface area contributed by atoms with Crippen LogP contribution < -0.4 is 10.6 Å². The highest BCUT2D eigenvalue weighted by Crippen LogP contribution is 2.29. The number of hydrogen-bond donors (Lipinski definition) is 4. The largest absolute Gasteiger partial charge is 0.343 e. The van der Waals surface area contributed by atoms with Crippen molar-refractivity contribution in [1.82, 2.24) is 10.2 Å². The van der Waals surface area contributed by atoms with Crippen molar-refractivity contribution in [2.24, 2.45) is 0 Å². The Hall–Kier alpha value is -1.46. The molecule has 4 N–H and O–H groups in total. The number of piperidine rings is 1. The summed E-state index contributed by atoms with van der Waals surface area (Å²) in [5.41, 5.74) is 0.472. The van der Waals surface area contributed by atoms with Gasteiger partial charge in [-0.3, -0.25) is 16.1 Å². The summed E-state index contributed by atoms with van der Waals surface area (Å²) >= 11 is 12.0. The van der Waals surface area contributed by atoms with Crippen molar-refractivity contribution in [2.45, 2.75) is 19.3 Å². The molecule has 1 aliphatic heterocycles. The van der Waals surface area contributed by atoms with E-state index in [1.54, 1.807) is 18.2 Å². The highest BCUT2D eigenvalue weighted by atomic mass is 35.5. The van der Waals surface area contributed by atoms with Crippen molar-refractivity contribution in [3.05, 3.63) is 28.2 Å². The minimum atomic E-state index is -0.0180. The number of nitrogens with zero attached hydrogens (tertiary/aromatic N) is 1. The third-order valence-electron chi connectivity index (χ3n) is 3.13. The summed E-state index contributed by atoms with van der Waals surface area (Å²) in [6.45, 7) is 1.71. The summed E-state index contributed by atoms with van der Waals surface area (Å²) in [6, 6.07) is 5.13. The summed E-state index contributed by atoms with van der Waals surface area (Å²) in [5.74, 6) is 0.209. The monoisotopic (exact) mass is 313 g/mol. The van der Waals surface area contributed by atoms with Crippen LogP contribution in [0.4, 0.5) is 5.69 Å². The second-order valence-electron chi connectivity index (χ2n) is 4.62. The molecule has 0 aliphatic carbocycles. The van der Waals surface area contributed by atoms with Crippen LogP contribution >= 0.6 is 23.2 Å². The average molecular weight is 314 g/mol. The predicted molar refractivity (Wildman–Crippen MR) is 84.1 cm³/mol. The summed E-state index contributed by atoms with van der Waals surface area (Å²) < 4.78 is 0. The maximum Gasteiger partial charge on any atom is 0.199 e. The molecule has 0 atom stereocenters. The van der Waals surface area contributed by atoms with Crippen molar-refractivity contribution in [2.75, 3.05) is 18.4 Å². The van der Waals surface area contributed by atoms with E-state index >= 15 is 0 Å². The lowest BCUT2D eigenvalue weighted by Crippen LogP contribution is -2.47. The van der Waals surface area contributed by atoms with Gasteiger partial charge in [0.1, 0.15) is 0 Å². The van der Waals surface area contributed by atoms with Crippen LogP contribution in [0.25, 0.3) is 0 Å². The molecule has 1 aromatic carbocycles. The fourth-order valence-corrected chi connectivity index (χ4v) is 2.58. The number of nitrogens with one attached hydrogen (secondary N) is 4. The molecule has 0 unspecified atom stereocenters. The topological polar surface area (TPSA) is 75.0 Å². The van der Waals surface area contributed by atoms with E-state index in [0.29, 0.717) is 15.7 Å². The second-order valence-corrected chi connectivity index (χ2v) is 5.43. The minimum Gasteiger partial charge on any atom is -0.343 e. The molecule has 108 valence electrons. The zero-order valence-corrected chi connectivity index (χ0v) is 12.5. The van der Waals surface area contributed by atoms with Crippen molar-refractivity contribution in [1.29, 1.82) is 10.8 Å². The molecule has 0 aromatic heterocycles. The van der Waals surface area contributed by atoms with E-state index in [1.165, 1.54) is 6.42 Å². The van der Waals surface area contributed by atoms with Crippen molar-refractivity contribution >= 4 is 40.8 Å². The summed E-state index contributed by atoms with van der Waals surface area (Å²) in [6.07, 6.45) is 3.37. The lowest BCUT2D eigenvalue weighted by molar-refractivity contribution is 0.334. The Morgan fingerprint density at radius 2 is 1.65 bits per heavy atom. The lowest BCUT2D eigenvalue weighted by atomic mass is 10.1. The maximum absolute atomic E-state index is 7.95. The fourth-order valence-electron chi connectivity index (χ4n) is 2.09. The molecule has 1 heterocycles. The SMILES string of the molecule is N=C(NC(=N)N1CCCCC1)Nc1c(Cl)cccc1Cl.